The molecule has 5 nitrogen and oxygen atoms in total. The maximum atomic E-state index is 11.6. The number of amides is 1. The van der Waals surface area contributed by atoms with Crippen molar-refractivity contribution in [2.75, 3.05) is 13.2 Å². The summed E-state index contributed by atoms with van der Waals surface area (Å²) in [7, 11) is 0. The predicted octanol–water partition coefficient (Wildman–Crippen LogP) is 2.62. The van der Waals surface area contributed by atoms with Crippen molar-refractivity contribution in [1.82, 2.24) is 10.6 Å². The third kappa shape index (κ3) is 5.22. The molecule has 1 heterocycles. The van der Waals surface area contributed by atoms with Crippen molar-refractivity contribution in [3.63, 3.8) is 0 Å². The van der Waals surface area contributed by atoms with Crippen molar-refractivity contribution in [2.45, 2.75) is 52.3 Å². The standard InChI is InChI=1S/C17H26N2O3/c1-12(10-19-16(20)22-17(2,3)4)18-11-13-5-6-15-14(9-13)7-8-21-15/h5-6,9,12,18H,7-8,10-11H2,1-4H3,(H,19,20). The van der Waals surface area contributed by atoms with Gasteiger partial charge in [0.25, 0.3) is 0 Å². The monoisotopic (exact) mass is 306 g/mol. The molecule has 2 rings (SSSR count). The molecule has 1 aliphatic heterocycles. The first-order valence-corrected chi connectivity index (χ1v) is 7.78. The summed E-state index contributed by atoms with van der Waals surface area (Å²) in [5.74, 6) is 1.00. The van der Waals surface area contributed by atoms with E-state index in [1.165, 1.54) is 11.1 Å². The van der Waals surface area contributed by atoms with E-state index >= 15 is 0 Å². The lowest BCUT2D eigenvalue weighted by Gasteiger charge is -2.21. The molecule has 5 heteroatoms. The van der Waals surface area contributed by atoms with Gasteiger partial charge in [0.15, 0.2) is 0 Å². The molecule has 0 saturated heterocycles. The van der Waals surface area contributed by atoms with E-state index in [9.17, 15) is 4.79 Å². The molecule has 22 heavy (non-hydrogen) atoms. The van der Waals surface area contributed by atoms with Crippen LogP contribution in [0.4, 0.5) is 4.79 Å². The lowest BCUT2D eigenvalue weighted by atomic mass is 10.1. The number of rotatable bonds is 5. The Kier molecular flexibility index (Phi) is 5.29. The lowest BCUT2D eigenvalue weighted by Crippen LogP contribution is -2.41. The highest BCUT2D eigenvalue weighted by molar-refractivity contribution is 5.67. The first-order chi connectivity index (χ1) is 10.3. The number of nitrogens with one attached hydrogen (secondary N) is 2. The van der Waals surface area contributed by atoms with E-state index in [2.05, 4.69) is 22.8 Å². The van der Waals surface area contributed by atoms with Gasteiger partial charge in [0.05, 0.1) is 6.61 Å². The van der Waals surface area contributed by atoms with Gasteiger partial charge in [0.2, 0.25) is 0 Å². The molecule has 0 fully saturated rings. The molecule has 1 aromatic rings. The maximum Gasteiger partial charge on any atom is 0.407 e. The van der Waals surface area contributed by atoms with Gasteiger partial charge in [-0.05, 0) is 44.9 Å². The van der Waals surface area contributed by atoms with Crippen LogP contribution >= 0.6 is 0 Å². The first-order valence-electron chi connectivity index (χ1n) is 7.78. The van der Waals surface area contributed by atoms with Crippen molar-refractivity contribution < 1.29 is 14.3 Å². The normalized spacial score (nSPS) is 14.9. The summed E-state index contributed by atoms with van der Waals surface area (Å²) in [5.41, 5.74) is 2.04. The molecule has 0 aromatic heterocycles. The van der Waals surface area contributed by atoms with E-state index in [0.29, 0.717) is 6.54 Å². The highest BCUT2D eigenvalue weighted by Crippen LogP contribution is 2.25. The lowest BCUT2D eigenvalue weighted by molar-refractivity contribution is 0.0523. The van der Waals surface area contributed by atoms with Crippen LogP contribution in [-0.2, 0) is 17.7 Å². The maximum absolute atomic E-state index is 11.6. The molecular formula is C17H26N2O3. The second-order valence-corrected chi connectivity index (χ2v) is 6.71. The van der Waals surface area contributed by atoms with Crippen LogP contribution in [0, 0.1) is 0 Å². The van der Waals surface area contributed by atoms with Crippen LogP contribution in [-0.4, -0.2) is 30.9 Å². The Morgan fingerprint density at radius 2 is 2.18 bits per heavy atom. The summed E-state index contributed by atoms with van der Waals surface area (Å²) in [6.07, 6.45) is 0.606. The highest BCUT2D eigenvalue weighted by atomic mass is 16.6. The van der Waals surface area contributed by atoms with Crippen LogP contribution in [0.25, 0.3) is 0 Å². The fourth-order valence-corrected chi connectivity index (χ4v) is 2.26. The van der Waals surface area contributed by atoms with Gasteiger partial charge in [-0.25, -0.2) is 4.79 Å². The van der Waals surface area contributed by atoms with Gasteiger partial charge in [-0.15, -0.1) is 0 Å². The smallest absolute Gasteiger partial charge is 0.407 e. The van der Waals surface area contributed by atoms with E-state index in [1.807, 2.05) is 33.8 Å². The molecule has 1 amide bonds. The van der Waals surface area contributed by atoms with Crippen LogP contribution in [0.5, 0.6) is 5.75 Å². The number of carbonyl (C=O) groups excluding carboxylic acids is 1. The van der Waals surface area contributed by atoms with Crippen molar-refractivity contribution in [3.05, 3.63) is 29.3 Å². The van der Waals surface area contributed by atoms with Gasteiger partial charge >= 0.3 is 6.09 Å². The van der Waals surface area contributed by atoms with Gasteiger partial charge in [-0.3, -0.25) is 0 Å². The minimum atomic E-state index is -0.465. The Morgan fingerprint density at radius 1 is 1.41 bits per heavy atom. The third-order valence-electron chi connectivity index (χ3n) is 3.36. The summed E-state index contributed by atoms with van der Waals surface area (Å²) in [5, 5.41) is 6.17. The molecule has 1 atom stereocenters. The van der Waals surface area contributed by atoms with E-state index in [1.54, 1.807) is 0 Å². The van der Waals surface area contributed by atoms with Crippen LogP contribution in [0.15, 0.2) is 18.2 Å². The van der Waals surface area contributed by atoms with Gasteiger partial charge in [0, 0.05) is 25.6 Å². The Morgan fingerprint density at radius 3 is 2.91 bits per heavy atom. The van der Waals surface area contributed by atoms with Gasteiger partial charge in [0.1, 0.15) is 11.4 Å². The van der Waals surface area contributed by atoms with Crippen molar-refractivity contribution >= 4 is 6.09 Å². The van der Waals surface area contributed by atoms with E-state index in [4.69, 9.17) is 9.47 Å². The average Bonchev–Trinajstić information content (AvgIpc) is 2.88. The number of hydrogen-bond donors (Lipinski definition) is 2. The van der Waals surface area contributed by atoms with Crippen LogP contribution in [0.1, 0.15) is 38.8 Å². The largest absolute Gasteiger partial charge is 0.493 e. The van der Waals surface area contributed by atoms with Crippen molar-refractivity contribution in [2.24, 2.45) is 0 Å². The minimum absolute atomic E-state index is 0.164. The first kappa shape index (κ1) is 16.6. The molecule has 0 aliphatic carbocycles. The summed E-state index contributed by atoms with van der Waals surface area (Å²) in [6.45, 7) is 9.67. The summed E-state index contributed by atoms with van der Waals surface area (Å²) in [4.78, 5) is 11.6. The molecule has 0 spiro atoms. The zero-order valence-corrected chi connectivity index (χ0v) is 13.9. The van der Waals surface area contributed by atoms with Crippen LogP contribution in [0.2, 0.25) is 0 Å². The molecule has 1 aromatic carbocycles. The highest BCUT2D eigenvalue weighted by Gasteiger charge is 2.16. The molecule has 1 unspecified atom stereocenters. The number of ether oxygens (including phenoxy) is 2. The number of hydrogen-bond acceptors (Lipinski definition) is 4. The van der Waals surface area contributed by atoms with Gasteiger partial charge in [-0.2, -0.15) is 0 Å². The van der Waals surface area contributed by atoms with Gasteiger partial charge < -0.3 is 20.1 Å². The summed E-state index contributed by atoms with van der Waals surface area (Å²) in [6, 6.07) is 6.45. The minimum Gasteiger partial charge on any atom is -0.493 e. The zero-order chi connectivity index (χ0) is 16.2. The number of alkyl carbamates (subject to hydrolysis) is 1. The van der Waals surface area contributed by atoms with E-state index in [-0.39, 0.29) is 12.1 Å². The average molecular weight is 306 g/mol. The molecule has 0 radical (unpaired) electrons. The van der Waals surface area contributed by atoms with E-state index in [0.717, 1.165) is 25.3 Å². The molecule has 0 saturated carbocycles. The summed E-state index contributed by atoms with van der Waals surface area (Å²) < 4.78 is 10.7. The number of benzene rings is 1. The molecule has 1 aliphatic rings. The number of fused-ring (bicyclic) bond motifs is 1. The topological polar surface area (TPSA) is 59.6 Å². The van der Waals surface area contributed by atoms with Crippen LogP contribution in [0.3, 0.4) is 0 Å². The molecule has 122 valence electrons. The molecule has 0 bridgehead atoms. The second-order valence-electron chi connectivity index (χ2n) is 6.71. The third-order valence-corrected chi connectivity index (χ3v) is 3.36. The fourth-order valence-electron chi connectivity index (χ4n) is 2.26. The number of carbonyl (C=O) groups is 1. The predicted molar refractivity (Wildman–Crippen MR) is 86.2 cm³/mol. The van der Waals surface area contributed by atoms with Crippen molar-refractivity contribution in [1.29, 1.82) is 0 Å². The Labute approximate surface area is 132 Å². The van der Waals surface area contributed by atoms with Crippen molar-refractivity contribution in [3.8, 4) is 5.75 Å². The molecular weight excluding hydrogens is 280 g/mol. The second kappa shape index (κ2) is 7.01. The van der Waals surface area contributed by atoms with Gasteiger partial charge in [-0.1, -0.05) is 12.1 Å². The summed E-state index contributed by atoms with van der Waals surface area (Å²) >= 11 is 0. The SMILES string of the molecule is CC(CNC(=O)OC(C)(C)C)NCc1ccc2c(c1)CCO2. The fraction of sp³-hybridized carbons (Fsp3) is 0.588. The quantitative estimate of drug-likeness (QED) is 0.878. The van der Waals surface area contributed by atoms with E-state index < -0.39 is 5.60 Å². The Bertz CT molecular complexity index is 523. The Hall–Kier alpha value is -1.75. The molecule has 2 N–H and O–H groups in total. The Balaban J connectivity index is 1.71. The zero-order valence-electron chi connectivity index (χ0n) is 13.9. The van der Waals surface area contributed by atoms with Crippen LogP contribution < -0.4 is 15.4 Å².